The molecule has 4 fully saturated rings. The molecule has 26 heavy (non-hydrogen) atoms. The van der Waals surface area contributed by atoms with E-state index in [1.54, 1.807) is 0 Å². The van der Waals surface area contributed by atoms with Crippen LogP contribution in [0.2, 0.25) is 0 Å². The summed E-state index contributed by atoms with van der Waals surface area (Å²) in [5.41, 5.74) is 0. The fourth-order valence-corrected chi connectivity index (χ4v) is 6.90. The Morgan fingerprint density at radius 1 is 0.346 bits per heavy atom. The van der Waals surface area contributed by atoms with Crippen LogP contribution >= 0.6 is 0 Å². The molecule has 0 aromatic rings. The second kappa shape index (κ2) is 9.92. The Bertz CT molecular complexity index is 359. The summed E-state index contributed by atoms with van der Waals surface area (Å²) in [6, 6.07) is 3.32. The van der Waals surface area contributed by atoms with Crippen molar-refractivity contribution in [3.63, 3.8) is 0 Å². The molecule has 4 aliphatic rings. The quantitative estimate of drug-likeness (QED) is 0.633. The molecular formula is C24H44N2. The number of rotatable bonds is 5. The molecule has 0 radical (unpaired) electrons. The summed E-state index contributed by atoms with van der Waals surface area (Å²) >= 11 is 0. The number of nitrogens with one attached hydrogen (secondary N) is 2. The van der Waals surface area contributed by atoms with Crippen molar-refractivity contribution < 1.29 is 0 Å². The van der Waals surface area contributed by atoms with Gasteiger partial charge in [0.25, 0.3) is 0 Å². The van der Waals surface area contributed by atoms with Crippen molar-refractivity contribution in [2.45, 2.75) is 140 Å². The summed E-state index contributed by atoms with van der Waals surface area (Å²) in [5.74, 6) is 1.90. The van der Waals surface area contributed by atoms with E-state index in [1.807, 2.05) is 0 Å². The maximum absolute atomic E-state index is 4.20. The van der Waals surface area contributed by atoms with Crippen molar-refractivity contribution >= 4 is 0 Å². The van der Waals surface area contributed by atoms with Crippen LogP contribution in [0.3, 0.4) is 0 Å². The van der Waals surface area contributed by atoms with E-state index in [0.717, 1.165) is 36.0 Å². The molecule has 2 N–H and O–H groups in total. The lowest BCUT2D eigenvalue weighted by atomic mass is 9.68. The monoisotopic (exact) mass is 360 g/mol. The van der Waals surface area contributed by atoms with Crippen LogP contribution in [0.25, 0.3) is 0 Å². The van der Waals surface area contributed by atoms with E-state index in [9.17, 15) is 0 Å². The Labute approximate surface area is 162 Å². The van der Waals surface area contributed by atoms with Crippen molar-refractivity contribution in [2.75, 3.05) is 0 Å². The van der Waals surface area contributed by atoms with E-state index in [4.69, 9.17) is 0 Å². The van der Waals surface area contributed by atoms with Crippen LogP contribution in [0.4, 0.5) is 0 Å². The third-order valence-corrected chi connectivity index (χ3v) is 8.30. The molecule has 4 aliphatic carbocycles. The Hall–Kier alpha value is -0.0800. The minimum atomic E-state index is 0.825. The van der Waals surface area contributed by atoms with E-state index in [0.29, 0.717) is 0 Å². The molecule has 0 saturated heterocycles. The fraction of sp³-hybridized carbons (Fsp3) is 1.00. The number of hydrogen-bond acceptors (Lipinski definition) is 2. The summed E-state index contributed by atoms with van der Waals surface area (Å²) in [6.45, 7) is 0. The van der Waals surface area contributed by atoms with Crippen LogP contribution in [0, 0.1) is 11.8 Å². The fourth-order valence-electron chi connectivity index (χ4n) is 6.90. The van der Waals surface area contributed by atoms with Gasteiger partial charge in [-0.3, -0.25) is 0 Å². The van der Waals surface area contributed by atoms with Crippen molar-refractivity contribution in [3.05, 3.63) is 0 Å². The van der Waals surface area contributed by atoms with Gasteiger partial charge in [-0.15, -0.1) is 0 Å². The van der Waals surface area contributed by atoms with Gasteiger partial charge < -0.3 is 10.6 Å². The normalized spacial score (nSPS) is 38.3. The van der Waals surface area contributed by atoms with Gasteiger partial charge in [0.2, 0.25) is 0 Å². The van der Waals surface area contributed by atoms with E-state index < -0.39 is 0 Å². The summed E-state index contributed by atoms with van der Waals surface area (Å²) in [6.07, 6.45) is 26.4. The molecule has 4 rings (SSSR count). The lowest BCUT2D eigenvalue weighted by molar-refractivity contribution is 0.0986. The van der Waals surface area contributed by atoms with Crippen LogP contribution < -0.4 is 10.6 Å². The standard InChI is InChI=1S/C24H44N2/c1-3-11-19(12-4-1)25-23-17-9-7-15-21(23)22-16-8-10-18-24(22)26-20-13-5-2-6-14-20/h19-26H,1-18H2. The molecule has 2 nitrogen and oxygen atoms in total. The van der Waals surface area contributed by atoms with Crippen molar-refractivity contribution in [1.29, 1.82) is 0 Å². The lowest BCUT2D eigenvalue weighted by Gasteiger charge is -2.46. The Kier molecular flexibility index (Phi) is 7.34. The molecular weight excluding hydrogens is 316 g/mol. The van der Waals surface area contributed by atoms with Gasteiger partial charge >= 0.3 is 0 Å². The van der Waals surface area contributed by atoms with E-state index in [2.05, 4.69) is 10.6 Å². The molecule has 4 atom stereocenters. The Balaban J connectivity index is 1.38. The molecule has 4 unspecified atom stereocenters. The first-order valence-electron chi connectivity index (χ1n) is 12.4. The molecule has 0 bridgehead atoms. The zero-order valence-corrected chi connectivity index (χ0v) is 17.2. The predicted molar refractivity (Wildman–Crippen MR) is 112 cm³/mol. The second-order valence-electron chi connectivity index (χ2n) is 10.1. The zero-order valence-electron chi connectivity index (χ0n) is 17.2. The molecule has 0 spiro atoms. The van der Waals surface area contributed by atoms with E-state index in [-0.39, 0.29) is 0 Å². The van der Waals surface area contributed by atoms with E-state index in [1.165, 1.54) is 116 Å². The van der Waals surface area contributed by atoms with Crippen LogP contribution in [0.15, 0.2) is 0 Å². The first-order valence-corrected chi connectivity index (χ1v) is 12.4. The molecule has 150 valence electrons. The highest BCUT2D eigenvalue weighted by molar-refractivity contribution is 4.95. The first kappa shape index (κ1) is 19.2. The minimum Gasteiger partial charge on any atom is -0.311 e. The third-order valence-electron chi connectivity index (χ3n) is 8.30. The van der Waals surface area contributed by atoms with Gasteiger partial charge in [0.05, 0.1) is 0 Å². The van der Waals surface area contributed by atoms with Gasteiger partial charge in [-0.1, -0.05) is 64.2 Å². The molecule has 2 heteroatoms. The van der Waals surface area contributed by atoms with Crippen LogP contribution in [-0.2, 0) is 0 Å². The smallest absolute Gasteiger partial charge is 0.0101 e. The van der Waals surface area contributed by atoms with Gasteiger partial charge in [0.15, 0.2) is 0 Å². The van der Waals surface area contributed by atoms with Crippen molar-refractivity contribution in [1.82, 2.24) is 10.6 Å². The SMILES string of the molecule is C1CCC(NC2CCCCC2C2CCCCC2NC2CCCCC2)CC1. The van der Waals surface area contributed by atoms with Crippen LogP contribution in [0.5, 0.6) is 0 Å². The van der Waals surface area contributed by atoms with E-state index >= 15 is 0 Å². The highest BCUT2D eigenvalue weighted by Crippen LogP contribution is 2.40. The van der Waals surface area contributed by atoms with Crippen molar-refractivity contribution in [2.24, 2.45) is 11.8 Å². The predicted octanol–water partition coefficient (Wildman–Crippen LogP) is 5.95. The summed E-state index contributed by atoms with van der Waals surface area (Å²) in [7, 11) is 0. The van der Waals surface area contributed by atoms with Crippen LogP contribution in [0.1, 0.15) is 116 Å². The average molecular weight is 361 g/mol. The average Bonchev–Trinajstić information content (AvgIpc) is 2.71. The zero-order chi connectivity index (χ0) is 17.6. The first-order chi connectivity index (χ1) is 12.9. The largest absolute Gasteiger partial charge is 0.311 e. The molecule has 0 aromatic heterocycles. The maximum atomic E-state index is 4.20. The van der Waals surface area contributed by atoms with Crippen LogP contribution in [-0.4, -0.2) is 24.2 Å². The Morgan fingerprint density at radius 3 is 1.12 bits per heavy atom. The van der Waals surface area contributed by atoms with Gasteiger partial charge in [-0.25, -0.2) is 0 Å². The maximum Gasteiger partial charge on any atom is 0.0101 e. The summed E-state index contributed by atoms with van der Waals surface area (Å²) in [5, 5.41) is 8.40. The molecule has 0 amide bonds. The number of hydrogen-bond donors (Lipinski definition) is 2. The second-order valence-corrected chi connectivity index (χ2v) is 10.1. The lowest BCUT2D eigenvalue weighted by Crippen LogP contribution is -2.53. The molecule has 0 aromatic carbocycles. The molecule has 0 aliphatic heterocycles. The topological polar surface area (TPSA) is 24.1 Å². The third kappa shape index (κ3) is 5.04. The van der Waals surface area contributed by atoms with Gasteiger partial charge in [-0.05, 0) is 63.2 Å². The highest BCUT2D eigenvalue weighted by atomic mass is 15.0. The van der Waals surface area contributed by atoms with Gasteiger partial charge in [0, 0.05) is 24.2 Å². The molecule has 4 saturated carbocycles. The Morgan fingerprint density at radius 2 is 0.692 bits per heavy atom. The van der Waals surface area contributed by atoms with Gasteiger partial charge in [-0.2, -0.15) is 0 Å². The van der Waals surface area contributed by atoms with Crippen molar-refractivity contribution in [3.8, 4) is 0 Å². The summed E-state index contributed by atoms with van der Waals surface area (Å²) < 4.78 is 0. The highest BCUT2D eigenvalue weighted by Gasteiger charge is 2.38. The minimum absolute atomic E-state index is 0.825. The summed E-state index contributed by atoms with van der Waals surface area (Å²) in [4.78, 5) is 0. The molecule has 0 heterocycles. The van der Waals surface area contributed by atoms with Gasteiger partial charge in [0.1, 0.15) is 0 Å².